The molecule has 0 radical (unpaired) electrons. The monoisotopic (exact) mass is 252 g/mol. The van der Waals surface area contributed by atoms with Crippen molar-refractivity contribution < 1.29 is 4.79 Å². The van der Waals surface area contributed by atoms with Crippen LogP contribution >= 0.6 is 11.6 Å². The first-order chi connectivity index (χ1) is 8.24. The molecule has 7 nitrogen and oxygen atoms in total. The number of anilines is 1. The van der Waals surface area contributed by atoms with Gasteiger partial charge in [-0.15, -0.1) is 0 Å². The summed E-state index contributed by atoms with van der Waals surface area (Å²) in [5.74, 6) is 1.14. The number of aromatic nitrogens is 4. The molecule has 2 aromatic rings. The van der Waals surface area contributed by atoms with Crippen LogP contribution in [0.2, 0.25) is 5.15 Å². The number of rotatable bonds is 1. The van der Waals surface area contributed by atoms with Crippen molar-refractivity contribution in [2.24, 2.45) is 0 Å². The summed E-state index contributed by atoms with van der Waals surface area (Å²) in [4.78, 5) is 21.3. The maximum atomic E-state index is 11.4. The summed E-state index contributed by atoms with van der Waals surface area (Å²) in [5.41, 5.74) is 0. The molecule has 2 aromatic heterocycles. The topological polar surface area (TPSA) is 75.4 Å². The van der Waals surface area contributed by atoms with E-state index in [2.05, 4.69) is 20.4 Å². The molecule has 88 valence electrons. The minimum atomic E-state index is -0.0162. The highest BCUT2D eigenvalue weighted by Gasteiger charge is 2.20. The first-order valence-corrected chi connectivity index (χ1v) is 5.50. The molecular weight excluding hydrogens is 244 g/mol. The molecule has 3 heterocycles. The van der Waals surface area contributed by atoms with Gasteiger partial charge in [-0.3, -0.25) is 4.79 Å². The van der Waals surface area contributed by atoms with Crippen molar-refractivity contribution in [1.29, 1.82) is 0 Å². The van der Waals surface area contributed by atoms with Crippen molar-refractivity contribution in [3.05, 3.63) is 17.5 Å². The largest absolute Gasteiger partial charge is 0.353 e. The normalized spacial score (nSPS) is 16.3. The molecule has 1 aliphatic heterocycles. The second kappa shape index (κ2) is 3.85. The van der Waals surface area contributed by atoms with E-state index in [1.54, 1.807) is 10.6 Å². The molecule has 1 amide bonds. The number of nitrogens with one attached hydrogen (secondary N) is 1. The van der Waals surface area contributed by atoms with Gasteiger partial charge in [-0.25, -0.2) is 0 Å². The molecule has 0 aliphatic carbocycles. The third-order valence-electron chi connectivity index (χ3n) is 2.56. The molecule has 0 aromatic carbocycles. The fraction of sp³-hybridized carbons (Fsp3) is 0.333. The SMILES string of the molecule is O=C1CN(c2cc(Cl)nc3ncnn23)CCN1. The van der Waals surface area contributed by atoms with Crippen LogP contribution in [0, 0.1) is 0 Å². The molecule has 1 saturated heterocycles. The average molecular weight is 253 g/mol. The first kappa shape index (κ1) is 10.3. The smallest absolute Gasteiger partial charge is 0.255 e. The summed E-state index contributed by atoms with van der Waals surface area (Å²) in [6.45, 7) is 1.60. The van der Waals surface area contributed by atoms with Crippen LogP contribution < -0.4 is 10.2 Å². The number of hydrogen-bond acceptors (Lipinski definition) is 5. The van der Waals surface area contributed by atoms with Gasteiger partial charge >= 0.3 is 0 Å². The molecule has 3 rings (SSSR count). The predicted octanol–water partition coefficient (Wildman–Crippen LogP) is -0.286. The van der Waals surface area contributed by atoms with Gasteiger partial charge < -0.3 is 10.2 Å². The van der Waals surface area contributed by atoms with Crippen LogP contribution in [-0.2, 0) is 4.79 Å². The van der Waals surface area contributed by atoms with Crippen LogP contribution in [-0.4, -0.2) is 45.1 Å². The maximum Gasteiger partial charge on any atom is 0.255 e. The van der Waals surface area contributed by atoms with Crippen molar-refractivity contribution in [3.8, 4) is 0 Å². The zero-order valence-corrected chi connectivity index (χ0v) is 9.55. The summed E-state index contributed by atoms with van der Waals surface area (Å²) < 4.78 is 1.57. The molecule has 17 heavy (non-hydrogen) atoms. The third kappa shape index (κ3) is 1.78. The fourth-order valence-corrected chi connectivity index (χ4v) is 2.00. The lowest BCUT2D eigenvalue weighted by molar-refractivity contribution is -0.120. The lowest BCUT2D eigenvalue weighted by Gasteiger charge is -2.28. The van der Waals surface area contributed by atoms with Crippen LogP contribution in [0.25, 0.3) is 5.78 Å². The zero-order valence-electron chi connectivity index (χ0n) is 8.80. The van der Waals surface area contributed by atoms with E-state index >= 15 is 0 Å². The second-order valence-electron chi connectivity index (χ2n) is 3.68. The van der Waals surface area contributed by atoms with Gasteiger partial charge in [-0.1, -0.05) is 11.6 Å². The number of carbonyl (C=O) groups is 1. The van der Waals surface area contributed by atoms with E-state index in [9.17, 15) is 4.79 Å². The van der Waals surface area contributed by atoms with Gasteiger partial charge in [0.15, 0.2) is 0 Å². The molecule has 0 atom stereocenters. The number of halogens is 1. The second-order valence-corrected chi connectivity index (χ2v) is 4.07. The van der Waals surface area contributed by atoms with E-state index in [1.165, 1.54) is 6.33 Å². The van der Waals surface area contributed by atoms with Gasteiger partial charge in [0.05, 0.1) is 6.54 Å². The quantitative estimate of drug-likeness (QED) is 0.706. The Hall–Kier alpha value is -1.89. The van der Waals surface area contributed by atoms with E-state index in [0.717, 1.165) is 5.82 Å². The molecule has 0 unspecified atom stereocenters. The number of amides is 1. The predicted molar refractivity (Wildman–Crippen MR) is 61.0 cm³/mol. The van der Waals surface area contributed by atoms with E-state index in [4.69, 9.17) is 11.6 Å². The molecular formula is C9H9ClN6O. The van der Waals surface area contributed by atoms with Gasteiger partial charge in [-0.05, 0) is 0 Å². The molecule has 0 saturated carbocycles. The summed E-state index contributed by atoms with van der Waals surface area (Å²) in [5, 5.41) is 7.17. The van der Waals surface area contributed by atoms with Crippen LogP contribution in [0.5, 0.6) is 0 Å². The molecule has 8 heteroatoms. The summed E-state index contributed by atoms with van der Waals surface area (Å²) in [6.07, 6.45) is 1.41. The molecule has 0 spiro atoms. The lowest BCUT2D eigenvalue weighted by Crippen LogP contribution is -2.48. The number of fused-ring (bicyclic) bond motifs is 1. The van der Waals surface area contributed by atoms with Crippen molar-refractivity contribution >= 4 is 29.1 Å². The van der Waals surface area contributed by atoms with E-state index in [1.807, 2.05) is 4.90 Å². The van der Waals surface area contributed by atoms with Crippen molar-refractivity contribution in [1.82, 2.24) is 24.9 Å². The highest BCUT2D eigenvalue weighted by Crippen LogP contribution is 2.19. The van der Waals surface area contributed by atoms with E-state index < -0.39 is 0 Å². The molecule has 1 aliphatic rings. The van der Waals surface area contributed by atoms with Crippen molar-refractivity contribution in [2.75, 3.05) is 24.5 Å². The standard InChI is InChI=1S/C9H9ClN6O/c10-6-3-8(15-2-1-11-7(17)4-15)16-9(14-6)12-5-13-16/h3,5H,1-2,4H2,(H,11,17). The van der Waals surface area contributed by atoms with E-state index in [0.29, 0.717) is 24.0 Å². The molecule has 1 N–H and O–H groups in total. The Labute approximate surface area is 101 Å². The minimum Gasteiger partial charge on any atom is -0.353 e. The number of hydrogen-bond donors (Lipinski definition) is 1. The Morgan fingerprint density at radius 2 is 2.35 bits per heavy atom. The lowest BCUT2D eigenvalue weighted by atomic mass is 10.3. The van der Waals surface area contributed by atoms with Gasteiger partial charge in [0, 0.05) is 19.2 Å². The number of carbonyl (C=O) groups excluding carboxylic acids is 1. The average Bonchev–Trinajstić information content (AvgIpc) is 2.75. The summed E-state index contributed by atoms with van der Waals surface area (Å²) >= 11 is 5.92. The Morgan fingerprint density at radius 1 is 1.47 bits per heavy atom. The van der Waals surface area contributed by atoms with Gasteiger partial charge in [0.2, 0.25) is 5.91 Å². The van der Waals surface area contributed by atoms with E-state index in [-0.39, 0.29) is 12.5 Å². The van der Waals surface area contributed by atoms with Crippen molar-refractivity contribution in [2.45, 2.75) is 0 Å². The van der Waals surface area contributed by atoms with Gasteiger partial charge in [0.1, 0.15) is 17.3 Å². The number of piperazine rings is 1. The minimum absolute atomic E-state index is 0.0162. The maximum absolute atomic E-state index is 11.4. The van der Waals surface area contributed by atoms with Gasteiger partial charge in [-0.2, -0.15) is 19.6 Å². The third-order valence-corrected chi connectivity index (χ3v) is 2.76. The van der Waals surface area contributed by atoms with Gasteiger partial charge in [0.25, 0.3) is 5.78 Å². The fourth-order valence-electron chi connectivity index (χ4n) is 1.83. The van der Waals surface area contributed by atoms with Crippen LogP contribution in [0.15, 0.2) is 12.4 Å². The molecule has 0 bridgehead atoms. The number of nitrogens with zero attached hydrogens (tertiary/aromatic N) is 5. The summed E-state index contributed by atoms with van der Waals surface area (Å²) in [6, 6.07) is 1.68. The summed E-state index contributed by atoms with van der Waals surface area (Å²) in [7, 11) is 0. The zero-order chi connectivity index (χ0) is 11.8. The van der Waals surface area contributed by atoms with Crippen LogP contribution in [0.1, 0.15) is 0 Å². The first-order valence-electron chi connectivity index (χ1n) is 5.12. The van der Waals surface area contributed by atoms with Crippen molar-refractivity contribution in [3.63, 3.8) is 0 Å². The highest BCUT2D eigenvalue weighted by molar-refractivity contribution is 6.29. The Bertz CT molecular complexity index is 582. The Balaban J connectivity index is 2.09. The molecule has 1 fully saturated rings. The van der Waals surface area contributed by atoms with Crippen LogP contribution in [0.4, 0.5) is 5.82 Å². The highest BCUT2D eigenvalue weighted by atomic mass is 35.5. The Morgan fingerprint density at radius 3 is 3.18 bits per heavy atom. The van der Waals surface area contributed by atoms with Crippen LogP contribution in [0.3, 0.4) is 0 Å². The Kier molecular flexibility index (Phi) is 2.32.